The average molecular weight is 229 g/mol. The minimum absolute atomic E-state index is 0.230. The molecule has 0 amide bonds. The summed E-state index contributed by atoms with van der Waals surface area (Å²) >= 11 is 1.36. The molecule has 1 aromatic rings. The van der Waals surface area contributed by atoms with Gasteiger partial charge in [-0.1, -0.05) is 25.1 Å². The van der Waals surface area contributed by atoms with Gasteiger partial charge in [-0.3, -0.25) is 0 Å². The summed E-state index contributed by atoms with van der Waals surface area (Å²) in [6.07, 6.45) is 0. The molecule has 1 rings (SSSR count). The SMILES string of the molecule is CCSC=NS(=O)(=O)c1ccccc1. The zero-order valence-electron chi connectivity index (χ0n) is 7.75. The molecule has 0 spiro atoms. The lowest BCUT2D eigenvalue weighted by Gasteiger charge is -1.96. The highest BCUT2D eigenvalue weighted by molar-refractivity contribution is 8.12. The van der Waals surface area contributed by atoms with E-state index in [1.165, 1.54) is 29.4 Å². The molecule has 3 nitrogen and oxygen atoms in total. The number of nitrogens with zero attached hydrogens (tertiary/aromatic N) is 1. The third kappa shape index (κ3) is 3.16. The van der Waals surface area contributed by atoms with Crippen molar-refractivity contribution in [1.82, 2.24) is 0 Å². The fraction of sp³-hybridized carbons (Fsp3) is 0.222. The zero-order chi connectivity index (χ0) is 10.4. The first kappa shape index (κ1) is 11.3. The molecule has 14 heavy (non-hydrogen) atoms. The van der Waals surface area contributed by atoms with Crippen LogP contribution < -0.4 is 0 Å². The van der Waals surface area contributed by atoms with Crippen molar-refractivity contribution in [2.75, 3.05) is 5.75 Å². The minimum Gasteiger partial charge on any atom is -0.199 e. The normalized spacial score (nSPS) is 12.1. The predicted molar refractivity (Wildman–Crippen MR) is 60.3 cm³/mol. The summed E-state index contributed by atoms with van der Waals surface area (Å²) in [5.74, 6) is 0.813. The van der Waals surface area contributed by atoms with E-state index in [1.54, 1.807) is 18.2 Å². The van der Waals surface area contributed by atoms with Crippen molar-refractivity contribution in [3.05, 3.63) is 30.3 Å². The van der Waals surface area contributed by atoms with Crippen molar-refractivity contribution in [1.29, 1.82) is 0 Å². The van der Waals surface area contributed by atoms with Crippen LogP contribution in [0.3, 0.4) is 0 Å². The maximum atomic E-state index is 11.5. The Hall–Kier alpha value is -0.810. The predicted octanol–water partition coefficient (Wildman–Crippen LogP) is 2.16. The summed E-state index contributed by atoms with van der Waals surface area (Å²) < 4.78 is 26.5. The lowest BCUT2D eigenvalue weighted by molar-refractivity contribution is 0.598. The quantitative estimate of drug-likeness (QED) is 0.587. The van der Waals surface area contributed by atoms with Gasteiger partial charge in [0.2, 0.25) is 0 Å². The van der Waals surface area contributed by atoms with Crippen LogP contribution in [0.15, 0.2) is 39.6 Å². The first-order chi connectivity index (χ1) is 6.67. The molecule has 0 heterocycles. The summed E-state index contributed by atoms with van der Waals surface area (Å²) in [5.41, 5.74) is 1.36. The highest BCUT2D eigenvalue weighted by Crippen LogP contribution is 2.11. The van der Waals surface area contributed by atoms with Crippen molar-refractivity contribution >= 4 is 27.3 Å². The second kappa shape index (κ2) is 5.17. The monoisotopic (exact) mass is 229 g/mol. The Morgan fingerprint density at radius 2 is 2.00 bits per heavy atom. The van der Waals surface area contributed by atoms with Crippen molar-refractivity contribution in [2.45, 2.75) is 11.8 Å². The van der Waals surface area contributed by atoms with Crippen LogP contribution in [0.5, 0.6) is 0 Å². The maximum Gasteiger partial charge on any atom is 0.282 e. The Balaban J connectivity index is 2.87. The molecule has 0 saturated heterocycles. The zero-order valence-corrected chi connectivity index (χ0v) is 9.38. The summed E-state index contributed by atoms with van der Waals surface area (Å²) in [4.78, 5) is 0.230. The number of thioether (sulfide) groups is 1. The van der Waals surface area contributed by atoms with Crippen molar-refractivity contribution < 1.29 is 8.42 Å². The van der Waals surface area contributed by atoms with E-state index < -0.39 is 10.0 Å². The highest BCUT2D eigenvalue weighted by Gasteiger charge is 2.09. The second-order valence-corrected chi connectivity index (χ2v) is 5.21. The molecular formula is C9H11NO2S2. The van der Waals surface area contributed by atoms with E-state index in [0.29, 0.717) is 0 Å². The summed E-state index contributed by atoms with van der Waals surface area (Å²) in [7, 11) is -3.48. The second-order valence-electron chi connectivity index (χ2n) is 2.45. The van der Waals surface area contributed by atoms with Crippen molar-refractivity contribution in [2.24, 2.45) is 4.40 Å². The largest absolute Gasteiger partial charge is 0.282 e. The number of hydrogen-bond donors (Lipinski definition) is 0. The first-order valence-corrected chi connectivity index (χ1v) is 6.61. The summed E-state index contributed by atoms with van der Waals surface area (Å²) in [5, 5.41) is 0. The van der Waals surface area contributed by atoms with E-state index in [9.17, 15) is 8.42 Å². The van der Waals surface area contributed by atoms with Crippen LogP contribution in [-0.4, -0.2) is 19.7 Å². The van der Waals surface area contributed by atoms with Gasteiger partial charge >= 0.3 is 0 Å². The molecule has 0 radical (unpaired) electrons. The van der Waals surface area contributed by atoms with Crippen molar-refractivity contribution in [3.8, 4) is 0 Å². The fourth-order valence-electron chi connectivity index (χ4n) is 0.815. The van der Waals surface area contributed by atoms with E-state index in [2.05, 4.69) is 4.40 Å². The van der Waals surface area contributed by atoms with E-state index >= 15 is 0 Å². The number of sulfonamides is 1. The van der Waals surface area contributed by atoms with Crippen LogP contribution in [0, 0.1) is 0 Å². The van der Waals surface area contributed by atoms with Gasteiger partial charge in [-0.2, -0.15) is 12.8 Å². The molecular weight excluding hydrogens is 218 g/mol. The Bertz CT molecular complexity index is 398. The van der Waals surface area contributed by atoms with Gasteiger partial charge in [0.25, 0.3) is 10.0 Å². The molecule has 0 aliphatic carbocycles. The van der Waals surface area contributed by atoms with Crippen LogP contribution in [-0.2, 0) is 10.0 Å². The van der Waals surface area contributed by atoms with E-state index in [1.807, 2.05) is 6.92 Å². The van der Waals surface area contributed by atoms with E-state index in [0.717, 1.165) is 5.75 Å². The van der Waals surface area contributed by atoms with Gasteiger partial charge in [-0.15, -0.1) is 11.8 Å². The van der Waals surface area contributed by atoms with Crippen LogP contribution in [0.2, 0.25) is 0 Å². The van der Waals surface area contributed by atoms with Gasteiger partial charge in [0.15, 0.2) is 0 Å². The van der Waals surface area contributed by atoms with Crippen molar-refractivity contribution in [3.63, 3.8) is 0 Å². The average Bonchev–Trinajstić information content (AvgIpc) is 2.19. The molecule has 0 bridgehead atoms. The Morgan fingerprint density at radius 1 is 1.36 bits per heavy atom. The van der Waals surface area contributed by atoms with Gasteiger partial charge in [-0.25, -0.2) is 0 Å². The molecule has 0 aliphatic rings. The maximum absolute atomic E-state index is 11.5. The number of hydrogen-bond acceptors (Lipinski definition) is 3. The molecule has 0 atom stereocenters. The molecule has 0 unspecified atom stereocenters. The molecule has 5 heteroatoms. The molecule has 0 N–H and O–H groups in total. The molecule has 1 aromatic carbocycles. The van der Waals surface area contributed by atoms with Crippen LogP contribution >= 0.6 is 11.8 Å². The van der Waals surface area contributed by atoms with E-state index in [-0.39, 0.29) is 4.90 Å². The Labute approximate surface area is 88.3 Å². The summed E-state index contributed by atoms with van der Waals surface area (Å²) in [6.45, 7) is 1.94. The third-order valence-corrected chi connectivity index (χ3v) is 3.44. The van der Waals surface area contributed by atoms with Crippen LogP contribution in [0.4, 0.5) is 0 Å². The smallest absolute Gasteiger partial charge is 0.199 e. The highest BCUT2D eigenvalue weighted by atomic mass is 32.2. The Kier molecular flexibility index (Phi) is 4.16. The standard InChI is InChI=1S/C9H11NO2S2/c1-2-13-8-10-14(11,12)9-6-4-3-5-7-9/h3-8H,2H2,1H3. The summed E-state index contributed by atoms with van der Waals surface area (Å²) in [6, 6.07) is 8.18. The van der Waals surface area contributed by atoms with E-state index in [4.69, 9.17) is 0 Å². The molecule has 0 fully saturated rings. The third-order valence-electron chi connectivity index (χ3n) is 1.46. The fourth-order valence-corrected chi connectivity index (χ4v) is 2.28. The molecule has 76 valence electrons. The lowest BCUT2D eigenvalue weighted by Crippen LogP contribution is -1.95. The van der Waals surface area contributed by atoms with Gasteiger partial charge in [0.1, 0.15) is 0 Å². The minimum atomic E-state index is -3.48. The van der Waals surface area contributed by atoms with Crippen LogP contribution in [0.25, 0.3) is 0 Å². The number of benzene rings is 1. The molecule has 0 aliphatic heterocycles. The molecule has 0 saturated carbocycles. The topological polar surface area (TPSA) is 46.5 Å². The van der Waals surface area contributed by atoms with Gasteiger partial charge in [-0.05, 0) is 17.9 Å². The number of rotatable bonds is 4. The van der Waals surface area contributed by atoms with Crippen LogP contribution in [0.1, 0.15) is 6.92 Å². The van der Waals surface area contributed by atoms with Gasteiger partial charge < -0.3 is 0 Å². The molecule has 0 aromatic heterocycles. The first-order valence-electron chi connectivity index (χ1n) is 4.12. The van der Waals surface area contributed by atoms with Gasteiger partial charge in [0.05, 0.1) is 10.4 Å². The lowest BCUT2D eigenvalue weighted by atomic mass is 10.4. The Morgan fingerprint density at radius 3 is 2.57 bits per heavy atom. The van der Waals surface area contributed by atoms with Gasteiger partial charge in [0, 0.05) is 0 Å².